The highest BCUT2D eigenvalue weighted by Crippen LogP contribution is 2.17. The van der Waals surface area contributed by atoms with Gasteiger partial charge in [0.05, 0.1) is 19.8 Å². The van der Waals surface area contributed by atoms with Crippen molar-refractivity contribution in [3.05, 3.63) is 82.4 Å². The standard InChI is InChI=1S/C13H16O2.C10H10O2.C9H16O4.C8H18O2.C7H14O4.C5H12O2/c1-9-4-5-12(6-10(2)14)8-13(9)7-11(3)15;1-7(11)9-3-5-10(6-4-9)8(2)12;1-7(2)9(10)13-6-8(12-4)5-11-3;1-8(4-6-9-2)5-7-10-3;1-7(4-10-2,5-11-3)6(8)9;1-6-4-3-5-7-2/h4-5,8H,6-7H2,1-3H3;3-6H,1-2H3;8H,1,5-6H2,2-4H3;8H,4-7H2,1-3H3;4-5H2,1-3H3,(H,8,9);3-5H2,1-2H3. The van der Waals surface area contributed by atoms with Crippen LogP contribution in [0.15, 0.2) is 54.6 Å². The van der Waals surface area contributed by atoms with Crippen molar-refractivity contribution in [2.45, 2.75) is 93.6 Å². The Kier molecular flexibility index (Phi) is 46.3. The molecule has 0 aliphatic rings. The highest BCUT2D eigenvalue weighted by molar-refractivity contribution is 5.97. The molecule has 0 saturated heterocycles. The van der Waals surface area contributed by atoms with E-state index in [0.29, 0.717) is 36.1 Å². The van der Waals surface area contributed by atoms with Crippen LogP contribution in [-0.2, 0) is 74.7 Å². The molecule has 2 rings (SSSR count). The normalized spacial score (nSPS) is 10.7. The molecule has 16 heteroatoms. The molecule has 0 amide bonds. The molecule has 1 unspecified atom stereocenters. The fraction of sp³-hybridized carbons (Fsp3) is 0.615. The van der Waals surface area contributed by atoms with Gasteiger partial charge in [-0.1, -0.05) is 56.0 Å². The topological polar surface area (TPSA) is 206 Å². The van der Waals surface area contributed by atoms with Crippen LogP contribution in [0.4, 0.5) is 0 Å². The van der Waals surface area contributed by atoms with Crippen molar-refractivity contribution in [1.82, 2.24) is 0 Å². The minimum absolute atomic E-state index is 0.0186. The van der Waals surface area contributed by atoms with Crippen molar-refractivity contribution in [1.29, 1.82) is 0 Å². The molecular formula is C52H86O16. The lowest BCUT2D eigenvalue weighted by Crippen LogP contribution is -2.36. The smallest absolute Gasteiger partial charge is 0.333 e. The van der Waals surface area contributed by atoms with Gasteiger partial charge in [0, 0.05) is 113 Å². The van der Waals surface area contributed by atoms with Crippen molar-refractivity contribution in [3.8, 4) is 0 Å². The molecule has 1 atom stereocenters. The van der Waals surface area contributed by atoms with Gasteiger partial charge in [0.15, 0.2) is 11.6 Å². The number of Topliss-reactive ketones (excluding diaryl/α,β-unsaturated/α-hetero) is 4. The summed E-state index contributed by atoms with van der Waals surface area (Å²) in [6, 6.07) is 12.5. The number of rotatable bonds is 27. The molecule has 0 aliphatic carbocycles. The molecule has 390 valence electrons. The van der Waals surface area contributed by atoms with Crippen LogP contribution in [0.1, 0.15) is 105 Å². The zero-order valence-electron chi connectivity index (χ0n) is 44.2. The number of hydrogen-bond donors (Lipinski definition) is 1. The van der Waals surface area contributed by atoms with Crippen molar-refractivity contribution in [2.24, 2.45) is 11.3 Å². The fourth-order valence-corrected chi connectivity index (χ4v) is 5.11. The predicted molar refractivity (Wildman–Crippen MR) is 265 cm³/mol. The molecule has 2 aromatic carbocycles. The maximum Gasteiger partial charge on any atom is 0.333 e. The molecule has 1 N–H and O–H groups in total. The lowest BCUT2D eigenvalue weighted by atomic mass is 9.93. The monoisotopic (exact) mass is 967 g/mol. The number of ether oxygens (including phenoxy) is 9. The zero-order chi connectivity index (χ0) is 53.1. The fourth-order valence-electron chi connectivity index (χ4n) is 5.11. The van der Waals surface area contributed by atoms with E-state index in [1.807, 2.05) is 25.1 Å². The van der Waals surface area contributed by atoms with Gasteiger partial charge in [0.2, 0.25) is 0 Å². The number of carbonyl (C=O) groups excluding carboxylic acids is 5. The molecule has 0 heterocycles. The summed E-state index contributed by atoms with van der Waals surface area (Å²) in [5.74, 6) is -0.250. The van der Waals surface area contributed by atoms with E-state index in [9.17, 15) is 28.8 Å². The van der Waals surface area contributed by atoms with Gasteiger partial charge in [-0.25, -0.2) is 4.79 Å². The third kappa shape index (κ3) is 40.5. The Labute approximate surface area is 407 Å². The molecule has 0 saturated carbocycles. The van der Waals surface area contributed by atoms with Crippen LogP contribution in [-0.4, -0.2) is 156 Å². The highest BCUT2D eigenvalue weighted by atomic mass is 16.6. The van der Waals surface area contributed by atoms with Gasteiger partial charge in [-0.05, 0) is 90.3 Å². The molecule has 0 bridgehead atoms. The number of carboxylic acids is 1. The second-order valence-corrected chi connectivity index (χ2v) is 16.1. The quantitative estimate of drug-likeness (QED) is 0.0392. The number of ketones is 4. The van der Waals surface area contributed by atoms with Gasteiger partial charge >= 0.3 is 11.9 Å². The second-order valence-electron chi connectivity index (χ2n) is 16.1. The summed E-state index contributed by atoms with van der Waals surface area (Å²) in [7, 11) is 12.9. The van der Waals surface area contributed by atoms with Gasteiger partial charge < -0.3 is 47.7 Å². The van der Waals surface area contributed by atoms with E-state index >= 15 is 0 Å². The Morgan fingerprint density at radius 2 is 1.06 bits per heavy atom. The minimum atomic E-state index is -0.927. The van der Waals surface area contributed by atoms with Gasteiger partial charge in [0.25, 0.3) is 0 Å². The average molecular weight is 967 g/mol. The van der Waals surface area contributed by atoms with Crippen LogP contribution in [0.25, 0.3) is 0 Å². The first-order valence-corrected chi connectivity index (χ1v) is 22.2. The van der Waals surface area contributed by atoms with Crippen LogP contribution in [0.3, 0.4) is 0 Å². The lowest BCUT2D eigenvalue weighted by Gasteiger charge is -2.22. The molecule has 0 aromatic heterocycles. The van der Waals surface area contributed by atoms with E-state index in [-0.39, 0.29) is 49.1 Å². The Morgan fingerprint density at radius 3 is 1.38 bits per heavy atom. The van der Waals surface area contributed by atoms with Crippen molar-refractivity contribution >= 4 is 35.1 Å². The van der Waals surface area contributed by atoms with Crippen LogP contribution in [0.2, 0.25) is 0 Å². The van der Waals surface area contributed by atoms with Crippen LogP contribution < -0.4 is 0 Å². The largest absolute Gasteiger partial charge is 0.481 e. The Morgan fingerprint density at radius 1 is 0.618 bits per heavy atom. The summed E-state index contributed by atoms with van der Waals surface area (Å²) in [5, 5.41) is 8.73. The first-order chi connectivity index (χ1) is 32.0. The lowest BCUT2D eigenvalue weighted by molar-refractivity contribution is -0.154. The minimum Gasteiger partial charge on any atom is -0.481 e. The summed E-state index contributed by atoms with van der Waals surface area (Å²) < 4.78 is 43.7. The third-order valence-electron chi connectivity index (χ3n) is 9.21. The SMILES string of the molecule is C=C(C)C(=O)OCC(COC)OC.CC(=O)Cc1ccc(C)c(CC(C)=O)c1.CC(=O)c1ccc(C(C)=O)cc1.COCC(C)(COC)C(=O)O.COCCC(C)CCOC.COCCCOC. The van der Waals surface area contributed by atoms with Gasteiger partial charge in [-0.15, -0.1) is 0 Å². The van der Waals surface area contributed by atoms with E-state index < -0.39 is 17.4 Å². The van der Waals surface area contributed by atoms with Crippen LogP contribution >= 0.6 is 0 Å². The summed E-state index contributed by atoms with van der Waals surface area (Å²) in [4.78, 5) is 65.3. The van der Waals surface area contributed by atoms with Crippen molar-refractivity contribution in [3.63, 3.8) is 0 Å². The van der Waals surface area contributed by atoms with Crippen molar-refractivity contribution in [2.75, 3.05) is 110 Å². The number of aryl methyl sites for hydroxylation is 1. The molecule has 68 heavy (non-hydrogen) atoms. The maximum absolute atomic E-state index is 11.0. The number of aliphatic carboxylic acids is 1. The third-order valence-corrected chi connectivity index (χ3v) is 9.21. The molecule has 0 aliphatic heterocycles. The van der Waals surface area contributed by atoms with Crippen LogP contribution in [0, 0.1) is 18.3 Å². The second kappa shape index (κ2) is 45.0. The first-order valence-electron chi connectivity index (χ1n) is 22.2. The number of hydrogen-bond acceptors (Lipinski definition) is 15. The van der Waals surface area contributed by atoms with Crippen LogP contribution in [0.5, 0.6) is 0 Å². The van der Waals surface area contributed by atoms with E-state index in [1.54, 1.807) is 87.5 Å². The number of carbonyl (C=O) groups is 6. The van der Waals surface area contributed by atoms with E-state index in [0.717, 1.165) is 68.3 Å². The molecule has 0 fully saturated rings. The zero-order valence-corrected chi connectivity index (χ0v) is 44.2. The van der Waals surface area contributed by atoms with Crippen molar-refractivity contribution < 1.29 is 76.5 Å². The molecule has 0 spiro atoms. The number of benzene rings is 2. The van der Waals surface area contributed by atoms with Gasteiger partial charge in [0.1, 0.15) is 29.7 Å². The summed E-state index contributed by atoms with van der Waals surface area (Å²) in [5.41, 5.74) is 3.86. The predicted octanol–water partition coefficient (Wildman–Crippen LogP) is 7.85. The number of esters is 1. The van der Waals surface area contributed by atoms with E-state index in [1.165, 1.54) is 35.2 Å². The Balaban J connectivity index is -0.000000366. The molecular weight excluding hydrogens is 881 g/mol. The number of carboxylic acid groups (broad SMARTS) is 1. The van der Waals surface area contributed by atoms with Gasteiger partial charge in [-0.3, -0.25) is 24.0 Å². The van der Waals surface area contributed by atoms with Gasteiger partial charge in [-0.2, -0.15) is 0 Å². The first kappa shape index (κ1) is 70.0. The maximum atomic E-state index is 11.0. The Bertz CT molecular complexity index is 1620. The molecule has 0 radical (unpaired) electrons. The summed E-state index contributed by atoms with van der Waals surface area (Å²) >= 11 is 0. The summed E-state index contributed by atoms with van der Waals surface area (Å²) in [6.45, 7) is 21.3. The van der Waals surface area contributed by atoms with E-state index in [2.05, 4.69) is 13.5 Å². The molecule has 2 aromatic rings. The molecule has 16 nitrogen and oxygen atoms in total. The number of methoxy groups -OCH3 is 8. The Hall–Kier alpha value is -4.52. The highest BCUT2D eigenvalue weighted by Gasteiger charge is 2.33. The summed E-state index contributed by atoms with van der Waals surface area (Å²) in [6.07, 6.45) is 3.96. The average Bonchev–Trinajstić information content (AvgIpc) is 3.28. The van der Waals surface area contributed by atoms with E-state index in [4.69, 9.17) is 47.7 Å².